The first-order chi connectivity index (χ1) is 17.7. The van der Waals surface area contributed by atoms with E-state index in [0.29, 0.717) is 28.1 Å². The van der Waals surface area contributed by atoms with Crippen molar-refractivity contribution in [2.75, 3.05) is 12.9 Å². The second kappa shape index (κ2) is 10.4. The zero-order chi connectivity index (χ0) is 26.3. The van der Waals surface area contributed by atoms with E-state index in [2.05, 4.69) is 36.7 Å². The number of benzene rings is 2. The summed E-state index contributed by atoms with van der Waals surface area (Å²) in [4.78, 5) is 34.0. The minimum absolute atomic E-state index is 0.00776. The highest BCUT2D eigenvalue weighted by molar-refractivity contribution is 9.10. The molecule has 1 aliphatic rings. The number of ketones is 1. The van der Waals surface area contributed by atoms with Crippen molar-refractivity contribution in [3.63, 3.8) is 0 Å². The molecule has 0 fully saturated rings. The molecule has 1 unspecified atom stereocenters. The van der Waals surface area contributed by atoms with E-state index in [4.69, 9.17) is 9.72 Å². The molecule has 2 aromatic heterocycles. The number of fused-ring (bicyclic) bond motifs is 3. The monoisotopic (exact) mass is 596 g/mol. The number of thiophene rings is 1. The number of ether oxygens (including phenoxy) is 1. The van der Waals surface area contributed by atoms with Gasteiger partial charge < -0.3 is 4.74 Å². The zero-order valence-electron chi connectivity index (χ0n) is 21.3. The number of aryl methyl sites for hydroxylation is 1. The van der Waals surface area contributed by atoms with E-state index in [9.17, 15) is 9.59 Å². The van der Waals surface area contributed by atoms with Crippen LogP contribution in [0.3, 0.4) is 0 Å². The molecule has 1 aliphatic carbocycles. The first kappa shape index (κ1) is 26.2. The average Bonchev–Trinajstić information content (AvgIpc) is 3.25. The molecule has 0 N–H and O–H groups in total. The molecule has 0 aliphatic heterocycles. The second-order valence-corrected chi connectivity index (χ2v) is 13.4. The molecule has 5 rings (SSSR count). The first-order valence-electron chi connectivity index (χ1n) is 12.3. The van der Waals surface area contributed by atoms with E-state index >= 15 is 0 Å². The summed E-state index contributed by atoms with van der Waals surface area (Å²) in [5.74, 6) is 1.47. The van der Waals surface area contributed by atoms with Crippen LogP contribution in [-0.2, 0) is 12.8 Å². The molecule has 0 amide bonds. The topological polar surface area (TPSA) is 61.2 Å². The number of hydrogen-bond acceptors (Lipinski definition) is 6. The van der Waals surface area contributed by atoms with E-state index in [1.807, 2.05) is 36.4 Å². The van der Waals surface area contributed by atoms with Crippen LogP contribution in [0.2, 0.25) is 0 Å². The zero-order valence-corrected chi connectivity index (χ0v) is 24.6. The van der Waals surface area contributed by atoms with Crippen molar-refractivity contribution in [3.05, 3.63) is 79.4 Å². The Balaban J connectivity index is 1.58. The SMILES string of the molecule is COc1ccc(-n2c(SCC(=O)c3ccc(Br)cc3)nc3sc4c(c3c2=O)CCC(C(C)(C)C)C4)cc1. The maximum Gasteiger partial charge on any atom is 0.267 e. The minimum Gasteiger partial charge on any atom is -0.497 e. The number of thioether (sulfide) groups is 1. The fourth-order valence-corrected chi connectivity index (χ4v) is 7.36. The second-order valence-electron chi connectivity index (χ2n) is 10.4. The third-order valence-corrected chi connectivity index (χ3v) is 9.72. The van der Waals surface area contributed by atoms with Gasteiger partial charge in [-0.1, -0.05) is 60.6 Å². The minimum atomic E-state index is -0.0690. The third kappa shape index (κ3) is 5.29. The molecule has 2 aromatic carbocycles. The van der Waals surface area contributed by atoms with Gasteiger partial charge in [-0.25, -0.2) is 4.98 Å². The number of aromatic nitrogens is 2. The normalized spacial score (nSPS) is 15.5. The Labute approximate surface area is 233 Å². The lowest BCUT2D eigenvalue weighted by Gasteiger charge is -2.33. The van der Waals surface area contributed by atoms with Crippen molar-refractivity contribution in [2.24, 2.45) is 11.3 Å². The van der Waals surface area contributed by atoms with Crippen LogP contribution in [0, 0.1) is 11.3 Å². The lowest BCUT2D eigenvalue weighted by atomic mass is 9.72. The lowest BCUT2D eigenvalue weighted by Crippen LogP contribution is -2.27. The number of halogens is 1. The summed E-state index contributed by atoms with van der Waals surface area (Å²) in [5, 5.41) is 1.26. The number of rotatable bonds is 6. The van der Waals surface area contributed by atoms with Crippen molar-refractivity contribution in [2.45, 2.75) is 45.2 Å². The molecule has 0 spiro atoms. The first-order valence-corrected chi connectivity index (χ1v) is 14.9. The van der Waals surface area contributed by atoms with E-state index in [1.165, 1.54) is 16.6 Å². The van der Waals surface area contributed by atoms with Crippen molar-refractivity contribution in [3.8, 4) is 11.4 Å². The van der Waals surface area contributed by atoms with Gasteiger partial charge in [-0.3, -0.25) is 14.2 Å². The molecule has 1 atom stereocenters. The van der Waals surface area contributed by atoms with Gasteiger partial charge in [-0.15, -0.1) is 11.3 Å². The van der Waals surface area contributed by atoms with Crippen LogP contribution in [0.15, 0.2) is 63.0 Å². The molecule has 5 nitrogen and oxygen atoms in total. The highest BCUT2D eigenvalue weighted by atomic mass is 79.9. The highest BCUT2D eigenvalue weighted by Gasteiger charge is 2.32. The van der Waals surface area contributed by atoms with E-state index in [0.717, 1.165) is 39.5 Å². The molecule has 0 saturated carbocycles. The van der Waals surface area contributed by atoms with Gasteiger partial charge in [-0.05, 0) is 72.6 Å². The number of hydrogen-bond donors (Lipinski definition) is 0. The molecule has 8 heteroatoms. The molecule has 2 heterocycles. The fraction of sp³-hybridized carbons (Fsp3) is 0.345. The summed E-state index contributed by atoms with van der Waals surface area (Å²) in [6.45, 7) is 6.88. The van der Waals surface area contributed by atoms with Crippen LogP contribution in [0.25, 0.3) is 15.9 Å². The van der Waals surface area contributed by atoms with Crippen molar-refractivity contribution < 1.29 is 9.53 Å². The Bertz CT molecular complexity index is 1520. The Morgan fingerprint density at radius 2 is 1.86 bits per heavy atom. The summed E-state index contributed by atoms with van der Waals surface area (Å²) < 4.78 is 7.90. The standard InChI is InChI=1S/C29H29BrN2O3S2/c1-29(2,3)18-7-14-22-24(15-18)37-26-25(22)27(34)32(20-10-12-21(35-4)13-11-20)28(31-26)36-16-23(33)17-5-8-19(30)9-6-17/h5-6,8-13,18H,7,14-16H2,1-4H3. The smallest absolute Gasteiger partial charge is 0.267 e. The maximum atomic E-state index is 14.1. The molecule has 192 valence electrons. The number of carbonyl (C=O) groups is 1. The van der Waals surface area contributed by atoms with Crippen LogP contribution in [0.1, 0.15) is 48.0 Å². The molecule has 0 radical (unpaired) electrons. The highest BCUT2D eigenvalue weighted by Crippen LogP contribution is 2.42. The van der Waals surface area contributed by atoms with Gasteiger partial charge in [0.2, 0.25) is 0 Å². The van der Waals surface area contributed by atoms with E-state index < -0.39 is 0 Å². The lowest BCUT2D eigenvalue weighted by molar-refractivity contribution is 0.102. The van der Waals surface area contributed by atoms with E-state index in [-0.39, 0.29) is 22.5 Å². The molecular weight excluding hydrogens is 568 g/mol. The summed E-state index contributed by atoms with van der Waals surface area (Å²) >= 11 is 6.36. The van der Waals surface area contributed by atoms with Gasteiger partial charge in [0.05, 0.1) is 23.9 Å². The van der Waals surface area contributed by atoms with Crippen LogP contribution >= 0.6 is 39.0 Å². The third-order valence-electron chi connectivity index (χ3n) is 7.11. The quantitative estimate of drug-likeness (QED) is 0.132. The van der Waals surface area contributed by atoms with Crippen molar-refractivity contribution >= 4 is 55.0 Å². The molecule has 0 bridgehead atoms. The Morgan fingerprint density at radius 1 is 1.16 bits per heavy atom. The largest absolute Gasteiger partial charge is 0.497 e. The number of carbonyl (C=O) groups excluding carboxylic acids is 1. The molecule has 37 heavy (non-hydrogen) atoms. The predicted octanol–water partition coefficient (Wildman–Crippen LogP) is 7.34. The Hall–Kier alpha value is -2.42. The van der Waals surface area contributed by atoms with Crippen molar-refractivity contribution in [1.29, 1.82) is 0 Å². The predicted molar refractivity (Wildman–Crippen MR) is 156 cm³/mol. The van der Waals surface area contributed by atoms with Crippen LogP contribution in [0.5, 0.6) is 5.75 Å². The number of nitrogens with zero attached hydrogens (tertiary/aromatic N) is 2. The van der Waals surface area contributed by atoms with Gasteiger partial charge >= 0.3 is 0 Å². The fourth-order valence-electron chi connectivity index (χ4n) is 4.85. The molecule has 4 aromatic rings. The van der Waals surface area contributed by atoms with E-state index in [1.54, 1.807) is 35.1 Å². The van der Waals surface area contributed by atoms with Gasteiger partial charge in [0.15, 0.2) is 10.9 Å². The van der Waals surface area contributed by atoms with Gasteiger partial charge in [-0.2, -0.15) is 0 Å². The Morgan fingerprint density at radius 3 is 2.51 bits per heavy atom. The van der Waals surface area contributed by atoms with Gasteiger partial charge in [0.1, 0.15) is 10.6 Å². The summed E-state index contributed by atoms with van der Waals surface area (Å²) in [5.41, 5.74) is 2.65. The summed E-state index contributed by atoms with van der Waals surface area (Å²) in [6.07, 6.45) is 2.94. The summed E-state index contributed by atoms with van der Waals surface area (Å²) in [7, 11) is 1.62. The van der Waals surface area contributed by atoms with Crippen molar-refractivity contribution in [1.82, 2.24) is 9.55 Å². The van der Waals surface area contributed by atoms with Crippen LogP contribution in [-0.4, -0.2) is 28.2 Å². The van der Waals surface area contributed by atoms with Gasteiger partial charge in [0.25, 0.3) is 5.56 Å². The van der Waals surface area contributed by atoms with Crippen LogP contribution in [0.4, 0.5) is 0 Å². The molecular formula is C29H29BrN2O3S2. The number of methoxy groups -OCH3 is 1. The Kier molecular flexibility index (Phi) is 7.35. The maximum absolute atomic E-state index is 14.1. The average molecular weight is 598 g/mol. The summed E-state index contributed by atoms with van der Waals surface area (Å²) in [6, 6.07) is 14.7. The number of Topliss-reactive ketones (excluding diaryl/α,β-unsaturated/α-hetero) is 1. The van der Waals surface area contributed by atoms with Gasteiger partial charge in [0, 0.05) is 14.9 Å². The molecule has 0 saturated heterocycles. The van der Waals surface area contributed by atoms with Crippen LogP contribution < -0.4 is 10.3 Å².